The smallest absolute Gasteiger partial charge is 0.160 e. The number of rotatable bonds is 6. The Morgan fingerprint density at radius 3 is 1.33 bits per heavy atom. The van der Waals surface area contributed by atoms with Crippen LogP contribution in [-0.2, 0) is 0 Å². The van der Waals surface area contributed by atoms with Gasteiger partial charge in [0.15, 0.2) is 5.82 Å². The summed E-state index contributed by atoms with van der Waals surface area (Å²) in [5.41, 5.74) is 11.9. The molecule has 0 atom stereocenters. The number of pyridine rings is 1. The topological polar surface area (TPSA) is 38.7 Å². The Bertz CT molecular complexity index is 1880. The molecule has 0 radical (unpaired) electrons. The highest BCUT2D eigenvalue weighted by Gasteiger charge is 2.11. The van der Waals surface area contributed by atoms with E-state index < -0.39 is 0 Å². The minimum absolute atomic E-state index is 0.721. The van der Waals surface area contributed by atoms with Gasteiger partial charge in [-0.15, -0.1) is 0 Å². The van der Waals surface area contributed by atoms with Crippen LogP contribution in [0.2, 0.25) is 0 Å². The molecule has 0 bridgehead atoms. The molecule has 0 spiro atoms. The molecule has 0 saturated heterocycles. The summed E-state index contributed by atoms with van der Waals surface area (Å²) < 4.78 is 0. The van der Waals surface area contributed by atoms with Gasteiger partial charge in [0.25, 0.3) is 0 Å². The van der Waals surface area contributed by atoms with Gasteiger partial charge in [0, 0.05) is 34.6 Å². The molecule has 3 nitrogen and oxygen atoms in total. The number of hydrogen-bond donors (Lipinski definition) is 0. The lowest BCUT2D eigenvalue weighted by molar-refractivity contribution is 1.18. The molecule has 0 aliphatic rings. The van der Waals surface area contributed by atoms with Crippen LogP contribution in [0, 0.1) is 0 Å². The molecule has 7 aromatic rings. The van der Waals surface area contributed by atoms with E-state index in [2.05, 4.69) is 114 Å². The largest absolute Gasteiger partial charge is 0.264 e. The van der Waals surface area contributed by atoms with E-state index in [1.165, 1.54) is 16.7 Å². The Morgan fingerprint density at radius 1 is 0.310 bits per heavy atom. The van der Waals surface area contributed by atoms with Crippen LogP contribution in [0.15, 0.2) is 164 Å². The van der Waals surface area contributed by atoms with Gasteiger partial charge < -0.3 is 0 Å². The fourth-order valence-electron chi connectivity index (χ4n) is 5.17. The Kier molecular flexibility index (Phi) is 6.89. The number of aromatic nitrogens is 3. The lowest BCUT2D eigenvalue weighted by Gasteiger charge is -2.10. The fraction of sp³-hybridized carbons (Fsp3) is 0. The first-order valence-electron chi connectivity index (χ1n) is 14.0. The Morgan fingerprint density at radius 2 is 0.762 bits per heavy atom. The third-order valence-corrected chi connectivity index (χ3v) is 7.42. The number of benzene rings is 5. The second-order valence-corrected chi connectivity index (χ2v) is 10.2. The Hall–Kier alpha value is -5.67. The summed E-state index contributed by atoms with van der Waals surface area (Å²) in [6.07, 6.45) is 3.70. The molecule has 0 amide bonds. The molecule has 42 heavy (non-hydrogen) atoms. The molecular weight excluding hydrogens is 510 g/mol. The van der Waals surface area contributed by atoms with Crippen LogP contribution in [0.5, 0.6) is 0 Å². The number of hydrogen-bond acceptors (Lipinski definition) is 3. The zero-order chi connectivity index (χ0) is 28.1. The average Bonchev–Trinajstić information content (AvgIpc) is 3.09. The summed E-state index contributed by atoms with van der Waals surface area (Å²) in [5.74, 6) is 0.721. The van der Waals surface area contributed by atoms with Crippen LogP contribution in [0.4, 0.5) is 0 Å². The van der Waals surface area contributed by atoms with Crippen molar-refractivity contribution < 1.29 is 0 Å². The van der Waals surface area contributed by atoms with E-state index in [0.29, 0.717) is 0 Å². The SMILES string of the molecule is c1ccc(-c2cc(-c3ccc(-c4ccc(-c5cccc(-c6cccnc6)c5)cc4)cc3)nc(-c3ccccc3)n2)cc1. The monoisotopic (exact) mass is 537 g/mol. The van der Waals surface area contributed by atoms with Gasteiger partial charge in [-0.1, -0.05) is 133 Å². The summed E-state index contributed by atoms with van der Waals surface area (Å²) in [5, 5.41) is 0. The molecule has 198 valence electrons. The molecule has 7 rings (SSSR count). The minimum atomic E-state index is 0.721. The van der Waals surface area contributed by atoms with E-state index >= 15 is 0 Å². The average molecular weight is 538 g/mol. The molecule has 2 heterocycles. The van der Waals surface area contributed by atoms with Gasteiger partial charge in [-0.05, 0) is 46.0 Å². The van der Waals surface area contributed by atoms with Crippen molar-refractivity contribution >= 4 is 0 Å². The molecule has 5 aromatic carbocycles. The molecule has 0 unspecified atom stereocenters. The molecule has 0 fully saturated rings. The van der Waals surface area contributed by atoms with E-state index in [9.17, 15) is 0 Å². The van der Waals surface area contributed by atoms with E-state index in [-0.39, 0.29) is 0 Å². The Labute approximate surface area is 245 Å². The lowest BCUT2D eigenvalue weighted by atomic mass is 9.97. The maximum atomic E-state index is 4.96. The maximum Gasteiger partial charge on any atom is 0.160 e. The van der Waals surface area contributed by atoms with Crippen molar-refractivity contribution in [3.8, 4) is 67.3 Å². The zero-order valence-corrected chi connectivity index (χ0v) is 22.9. The van der Waals surface area contributed by atoms with Crippen molar-refractivity contribution in [2.24, 2.45) is 0 Å². The first-order chi connectivity index (χ1) is 20.8. The molecule has 3 heteroatoms. The van der Waals surface area contributed by atoms with Gasteiger partial charge in [-0.3, -0.25) is 4.98 Å². The summed E-state index contributed by atoms with van der Waals surface area (Å²) >= 11 is 0. The molecule has 0 N–H and O–H groups in total. The first-order valence-corrected chi connectivity index (χ1v) is 14.0. The van der Waals surface area contributed by atoms with E-state index in [1.54, 1.807) is 6.20 Å². The van der Waals surface area contributed by atoms with Crippen molar-refractivity contribution in [3.63, 3.8) is 0 Å². The summed E-state index contributed by atoms with van der Waals surface area (Å²) in [6, 6.07) is 52.5. The predicted molar refractivity (Wildman–Crippen MR) is 172 cm³/mol. The zero-order valence-electron chi connectivity index (χ0n) is 22.9. The van der Waals surface area contributed by atoms with Crippen LogP contribution in [0.25, 0.3) is 67.3 Å². The normalized spacial score (nSPS) is 10.9. The van der Waals surface area contributed by atoms with E-state index in [1.807, 2.05) is 48.7 Å². The van der Waals surface area contributed by atoms with Crippen molar-refractivity contribution in [1.82, 2.24) is 15.0 Å². The molecule has 2 aromatic heterocycles. The van der Waals surface area contributed by atoms with Gasteiger partial charge in [0.1, 0.15) is 0 Å². The minimum Gasteiger partial charge on any atom is -0.264 e. The third kappa shape index (κ3) is 5.36. The van der Waals surface area contributed by atoms with Crippen LogP contribution < -0.4 is 0 Å². The maximum absolute atomic E-state index is 4.96. The highest BCUT2D eigenvalue weighted by atomic mass is 14.9. The highest BCUT2D eigenvalue weighted by Crippen LogP contribution is 2.31. The molecule has 0 aliphatic heterocycles. The second kappa shape index (κ2) is 11.4. The summed E-state index contributed by atoms with van der Waals surface area (Å²) in [6.45, 7) is 0. The first kappa shape index (κ1) is 25.3. The lowest BCUT2D eigenvalue weighted by Crippen LogP contribution is -1.95. The van der Waals surface area contributed by atoms with Crippen LogP contribution in [-0.4, -0.2) is 15.0 Å². The fourth-order valence-corrected chi connectivity index (χ4v) is 5.17. The quantitative estimate of drug-likeness (QED) is 0.212. The molecule has 0 saturated carbocycles. The highest BCUT2D eigenvalue weighted by molar-refractivity contribution is 5.77. The summed E-state index contributed by atoms with van der Waals surface area (Å²) in [7, 11) is 0. The molecule has 0 aliphatic carbocycles. The third-order valence-electron chi connectivity index (χ3n) is 7.42. The van der Waals surface area contributed by atoms with Gasteiger partial charge in [0.05, 0.1) is 11.4 Å². The standard InChI is InChI=1S/C39H27N3/c1-3-9-31(10-4-1)37-26-38(42-39(41-37)33-11-5-2-6-12-33)32-22-20-29(21-23-32)28-16-18-30(19-17-28)34-13-7-14-35(25-34)36-15-8-24-40-27-36/h1-27H. The van der Waals surface area contributed by atoms with E-state index in [0.717, 1.165) is 50.6 Å². The van der Waals surface area contributed by atoms with Crippen molar-refractivity contribution in [1.29, 1.82) is 0 Å². The summed E-state index contributed by atoms with van der Waals surface area (Å²) in [4.78, 5) is 14.1. The second-order valence-electron chi connectivity index (χ2n) is 10.2. The van der Waals surface area contributed by atoms with Crippen molar-refractivity contribution in [2.45, 2.75) is 0 Å². The van der Waals surface area contributed by atoms with Gasteiger partial charge >= 0.3 is 0 Å². The van der Waals surface area contributed by atoms with Crippen LogP contribution >= 0.6 is 0 Å². The van der Waals surface area contributed by atoms with Crippen molar-refractivity contribution in [2.75, 3.05) is 0 Å². The van der Waals surface area contributed by atoms with Gasteiger partial charge in [-0.25, -0.2) is 9.97 Å². The molecular formula is C39H27N3. The number of nitrogens with zero attached hydrogens (tertiary/aromatic N) is 3. The van der Waals surface area contributed by atoms with Gasteiger partial charge in [-0.2, -0.15) is 0 Å². The van der Waals surface area contributed by atoms with Crippen LogP contribution in [0.1, 0.15) is 0 Å². The van der Waals surface area contributed by atoms with E-state index in [4.69, 9.17) is 9.97 Å². The Balaban J connectivity index is 1.18. The van der Waals surface area contributed by atoms with Crippen LogP contribution in [0.3, 0.4) is 0 Å². The van der Waals surface area contributed by atoms with Crippen molar-refractivity contribution in [3.05, 3.63) is 164 Å². The predicted octanol–water partition coefficient (Wildman–Crippen LogP) is 9.87. The van der Waals surface area contributed by atoms with Gasteiger partial charge in [0.2, 0.25) is 0 Å².